The number of piperidine rings is 1. The van der Waals surface area contributed by atoms with Crippen molar-refractivity contribution in [1.29, 1.82) is 0 Å². The molecule has 3 aromatic rings. The van der Waals surface area contributed by atoms with Crippen LogP contribution in [-0.2, 0) is 0 Å². The van der Waals surface area contributed by atoms with E-state index in [2.05, 4.69) is 28.7 Å². The Labute approximate surface area is 206 Å². The summed E-state index contributed by atoms with van der Waals surface area (Å²) < 4.78 is 16.9. The molecule has 1 aromatic heterocycles. The first kappa shape index (κ1) is 23.3. The van der Waals surface area contributed by atoms with Gasteiger partial charge in [-0.3, -0.25) is 5.32 Å². The normalized spacial score (nSPS) is 17.1. The summed E-state index contributed by atoms with van der Waals surface area (Å²) >= 11 is 0. The molecule has 1 saturated carbocycles. The average molecular weight is 476 g/mol. The van der Waals surface area contributed by atoms with Crippen molar-refractivity contribution in [1.82, 2.24) is 10.1 Å². The molecule has 2 amide bonds. The summed E-state index contributed by atoms with van der Waals surface area (Å²) in [5.74, 6) is 2.76. The number of nitrogens with zero attached hydrogens (tertiary/aromatic N) is 2. The van der Waals surface area contributed by atoms with Gasteiger partial charge in [0.15, 0.2) is 0 Å². The Morgan fingerprint density at radius 1 is 1.03 bits per heavy atom. The number of para-hydroxylation sites is 1. The lowest BCUT2D eigenvalue weighted by Gasteiger charge is -2.52. The molecule has 2 heterocycles. The van der Waals surface area contributed by atoms with Crippen molar-refractivity contribution in [3.8, 4) is 11.5 Å². The summed E-state index contributed by atoms with van der Waals surface area (Å²) in [5.41, 5.74) is 3.37. The molecule has 0 radical (unpaired) electrons. The molecule has 0 atom stereocenters. The third-order valence-corrected chi connectivity index (χ3v) is 7.54. The second kappa shape index (κ2) is 10.0. The lowest BCUT2D eigenvalue weighted by Crippen LogP contribution is -2.49. The maximum Gasteiger partial charge on any atom is 0.324 e. The van der Waals surface area contributed by atoms with Gasteiger partial charge in [0.1, 0.15) is 24.7 Å². The third kappa shape index (κ3) is 5.29. The Morgan fingerprint density at radius 2 is 1.71 bits per heavy atom. The van der Waals surface area contributed by atoms with Crippen LogP contribution in [0.25, 0.3) is 0 Å². The van der Waals surface area contributed by atoms with Crippen LogP contribution < -0.4 is 14.8 Å². The molecule has 0 unspecified atom stereocenters. The Bertz CT molecular complexity index is 1140. The number of urea groups is 1. The average Bonchev–Trinajstić information content (AvgIpc) is 3.18. The molecule has 7 heteroatoms. The third-order valence-electron chi connectivity index (χ3n) is 7.54. The van der Waals surface area contributed by atoms with E-state index in [4.69, 9.17) is 14.0 Å². The number of hydrogen-bond donors (Lipinski definition) is 1. The minimum atomic E-state index is -0.101. The Morgan fingerprint density at radius 3 is 2.40 bits per heavy atom. The maximum atomic E-state index is 12.7. The SMILES string of the molecule is Cc1noc(NC(=O)N2CCC3(CC2)CC(c2cccc(OCCOc4ccccc4)c2)C3)c1C. The zero-order valence-corrected chi connectivity index (χ0v) is 20.5. The van der Waals surface area contributed by atoms with Gasteiger partial charge in [0.25, 0.3) is 0 Å². The van der Waals surface area contributed by atoms with Crippen LogP contribution in [0.2, 0.25) is 0 Å². The van der Waals surface area contributed by atoms with Crippen LogP contribution in [0.4, 0.5) is 10.7 Å². The van der Waals surface area contributed by atoms with E-state index in [1.807, 2.05) is 55.1 Å². The molecule has 0 bridgehead atoms. The van der Waals surface area contributed by atoms with E-state index in [1.165, 1.54) is 18.4 Å². The molecule has 2 aromatic carbocycles. The van der Waals surface area contributed by atoms with Crippen molar-refractivity contribution in [3.63, 3.8) is 0 Å². The number of ether oxygens (including phenoxy) is 2. The summed E-state index contributed by atoms with van der Waals surface area (Å²) in [4.78, 5) is 14.6. The molecular formula is C28H33N3O4. The lowest BCUT2D eigenvalue weighted by molar-refractivity contribution is 0.0289. The number of carbonyl (C=O) groups is 1. The van der Waals surface area contributed by atoms with Gasteiger partial charge in [-0.1, -0.05) is 35.5 Å². The van der Waals surface area contributed by atoms with Crippen LogP contribution in [-0.4, -0.2) is 42.4 Å². The fourth-order valence-corrected chi connectivity index (χ4v) is 5.22. The fraction of sp³-hybridized carbons (Fsp3) is 0.429. The predicted octanol–water partition coefficient (Wildman–Crippen LogP) is 5.94. The highest BCUT2D eigenvalue weighted by Crippen LogP contribution is 2.56. The van der Waals surface area contributed by atoms with Crippen LogP contribution in [0.15, 0.2) is 59.1 Å². The van der Waals surface area contributed by atoms with Crippen LogP contribution >= 0.6 is 0 Å². The minimum absolute atomic E-state index is 0.101. The molecule has 1 spiro atoms. The van der Waals surface area contributed by atoms with Crippen molar-refractivity contribution in [3.05, 3.63) is 71.4 Å². The number of amides is 2. The van der Waals surface area contributed by atoms with E-state index in [0.29, 0.717) is 30.4 Å². The lowest BCUT2D eigenvalue weighted by atomic mass is 9.56. The zero-order valence-electron chi connectivity index (χ0n) is 20.5. The first-order chi connectivity index (χ1) is 17.0. The van der Waals surface area contributed by atoms with Crippen molar-refractivity contribution < 1.29 is 18.8 Å². The second-order valence-corrected chi connectivity index (χ2v) is 9.83. The highest BCUT2D eigenvalue weighted by Gasteiger charge is 2.46. The number of hydrogen-bond acceptors (Lipinski definition) is 5. The Balaban J connectivity index is 1.07. The summed E-state index contributed by atoms with van der Waals surface area (Å²) in [7, 11) is 0. The van der Waals surface area contributed by atoms with E-state index in [0.717, 1.165) is 48.7 Å². The maximum absolute atomic E-state index is 12.7. The molecule has 2 fully saturated rings. The first-order valence-electron chi connectivity index (χ1n) is 12.4. The molecule has 7 nitrogen and oxygen atoms in total. The summed E-state index contributed by atoms with van der Waals surface area (Å²) in [6, 6.07) is 18.2. The topological polar surface area (TPSA) is 76.8 Å². The quantitative estimate of drug-likeness (QED) is 0.428. The highest BCUT2D eigenvalue weighted by molar-refractivity contribution is 5.88. The van der Waals surface area contributed by atoms with Crippen LogP contribution in [0.3, 0.4) is 0 Å². The number of anilines is 1. The van der Waals surface area contributed by atoms with Crippen molar-refractivity contribution >= 4 is 11.9 Å². The van der Waals surface area contributed by atoms with E-state index in [-0.39, 0.29) is 6.03 Å². The number of rotatable bonds is 7. The predicted molar refractivity (Wildman–Crippen MR) is 134 cm³/mol. The molecule has 5 rings (SSSR count). The molecule has 1 N–H and O–H groups in total. The fourth-order valence-electron chi connectivity index (χ4n) is 5.22. The van der Waals surface area contributed by atoms with Gasteiger partial charge in [-0.05, 0) is 80.7 Å². The first-order valence-corrected chi connectivity index (χ1v) is 12.4. The molecular weight excluding hydrogens is 442 g/mol. The highest BCUT2D eigenvalue weighted by atomic mass is 16.5. The molecule has 1 aliphatic carbocycles. The number of aromatic nitrogens is 1. The number of carbonyl (C=O) groups excluding carboxylic acids is 1. The van der Waals surface area contributed by atoms with Gasteiger partial charge in [0.05, 0.1) is 5.69 Å². The van der Waals surface area contributed by atoms with Crippen molar-refractivity contribution in [2.45, 2.75) is 45.4 Å². The number of benzene rings is 2. The van der Waals surface area contributed by atoms with Gasteiger partial charge in [-0.15, -0.1) is 0 Å². The molecule has 1 saturated heterocycles. The Kier molecular flexibility index (Phi) is 6.66. The van der Waals surface area contributed by atoms with E-state index in [1.54, 1.807) is 0 Å². The summed E-state index contributed by atoms with van der Waals surface area (Å²) in [6.45, 7) is 6.34. The minimum Gasteiger partial charge on any atom is -0.490 e. The van der Waals surface area contributed by atoms with Crippen LogP contribution in [0.1, 0.15) is 48.4 Å². The van der Waals surface area contributed by atoms with Gasteiger partial charge in [-0.25, -0.2) is 4.79 Å². The van der Waals surface area contributed by atoms with Crippen LogP contribution in [0, 0.1) is 19.3 Å². The van der Waals surface area contributed by atoms with Gasteiger partial charge >= 0.3 is 6.03 Å². The number of nitrogens with one attached hydrogen (secondary N) is 1. The number of aryl methyl sites for hydroxylation is 1. The smallest absolute Gasteiger partial charge is 0.324 e. The zero-order chi connectivity index (χ0) is 24.3. The largest absolute Gasteiger partial charge is 0.490 e. The second-order valence-electron chi connectivity index (χ2n) is 9.83. The monoisotopic (exact) mass is 475 g/mol. The van der Waals surface area contributed by atoms with E-state index < -0.39 is 0 Å². The van der Waals surface area contributed by atoms with Crippen molar-refractivity contribution in [2.75, 3.05) is 31.6 Å². The van der Waals surface area contributed by atoms with E-state index in [9.17, 15) is 4.79 Å². The van der Waals surface area contributed by atoms with Crippen molar-refractivity contribution in [2.24, 2.45) is 5.41 Å². The van der Waals surface area contributed by atoms with Gasteiger partial charge in [-0.2, -0.15) is 0 Å². The van der Waals surface area contributed by atoms with Gasteiger partial charge in [0.2, 0.25) is 5.88 Å². The van der Waals surface area contributed by atoms with Gasteiger partial charge in [0, 0.05) is 18.7 Å². The number of likely N-dealkylation sites (tertiary alicyclic amines) is 1. The standard InChI is InChI=1S/C28H33N3O4/c1-20-21(2)30-35-26(20)29-27(32)31-13-11-28(12-14-31)18-23(19-28)22-7-6-10-25(17-22)34-16-15-33-24-8-4-3-5-9-24/h3-10,17,23H,11-16,18-19H2,1-2H3,(H,29,32). The van der Waals surface area contributed by atoms with E-state index >= 15 is 0 Å². The molecule has 35 heavy (non-hydrogen) atoms. The van der Waals surface area contributed by atoms with Gasteiger partial charge < -0.3 is 18.9 Å². The molecule has 1 aliphatic heterocycles. The summed E-state index contributed by atoms with van der Waals surface area (Å²) in [5, 5.41) is 6.78. The van der Waals surface area contributed by atoms with Crippen LogP contribution in [0.5, 0.6) is 11.5 Å². The Hall–Kier alpha value is -3.48. The molecule has 2 aliphatic rings. The molecule has 184 valence electrons. The summed E-state index contributed by atoms with van der Waals surface area (Å²) in [6.07, 6.45) is 4.42.